The molecule has 2 N–H and O–H groups in total. The van der Waals surface area contributed by atoms with E-state index >= 15 is 0 Å². The molecule has 7 nitrogen and oxygen atoms in total. The van der Waals surface area contributed by atoms with E-state index in [1.807, 2.05) is 10.9 Å². The Morgan fingerprint density at radius 2 is 1.11 bits per heavy atom. The van der Waals surface area contributed by atoms with Crippen LogP contribution in [0.25, 0.3) is 11.4 Å². The molecule has 1 aliphatic rings. The van der Waals surface area contributed by atoms with Crippen LogP contribution < -0.4 is 11.0 Å². The summed E-state index contributed by atoms with van der Waals surface area (Å²) in [5, 5.41) is 3.31. The Morgan fingerprint density at radius 3 is 1.61 bits per heavy atom. The second kappa shape index (κ2) is 23.1. The van der Waals surface area contributed by atoms with Gasteiger partial charge >= 0.3 is 5.69 Å². The second-order valence-electron chi connectivity index (χ2n) is 14.6. The van der Waals surface area contributed by atoms with E-state index in [0.29, 0.717) is 18.4 Å². The lowest BCUT2D eigenvalue weighted by molar-refractivity contribution is 0.421. The minimum absolute atomic E-state index is 0.0655. The molecule has 2 aromatic rings. The first kappa shape index (κ1) is 38.1. The molecule has 2 atom stereocenters. The largest absolute Gasteiger partial charge is 0.330 e. The molecule has 0 saturated heterocycles. The summed E-state index contributed by atoms with van der Waals surface area (Å²) in [4.78, 5) is 25.7. The molecule has 0 saturated carbocycles. The number of nitrogens with one attached hydrogen (secondary N) is 2. The van der Waals surface area contributed by atoms with Crippen LogP contribution in [0.5, 0.6) is 0 Å². The Hall–Kier alpha value is -2.31. The number of aromatic nitrogens is 4. The fourth-order valence-electron chi connectivity index (χ4n) is 7.09. The van der Waals surface area contributed by atoms with E-state index in [0.717, 1.165) is 36.0 Å². The van der Waals surface area contributed by atoms with E-state index in [9.17, 15) is 4.79 Å². The standard InChI is InChI=1S/C39H70N6O/c1-5-7-9-11-13-15-16-17-18-20-22-24-26-28-34(4)30-45-38-36(43-39(45)46)35-37(40-31-41-38)44(32-42-35)29-33(3)27-25-23-21-19-14-12-10-8-6-2/h31-34H,5-30H2,1-4H3,(H,40,41)(H,43,46). The molecular weight excluding hydrogens is 568 g/mol. The Bertz CT molecular complexity index is 1140. The number of aliphatic imine (C=N–C) groups is 1. The van der Waals surface area contributed by atoms with E-state index in [4.69, 9.17) is 9.98 Å². The van der Waals surface area contributed by atoms with Crippen molar-refractivity contribution in [2.24, 2.45) is 16.8 Å². The Morgan fingerprint density at radius 1 is 0.652 bits per heavy atom. The summed E-state index contributed by atoms with van der Waals surface area (Å²) in [6, 6.07) is 0. The summed E-state index contributed by atoms with van der Waals surface area (Å²) in [6.45, 7) is 10.8. The Labute approximate surface area is 281 Å². The molecule has 0 bridgehead atoms. The quantitative estimate of drug-likeness (QED) is 0.0910. The summed E-state index contributed by atoms with van der Waals surface area (Å²) in [6.07, 6.45) is 36.2. The number of rotatable bonds is 28. The van der Waals surface area contributed by atoms with Gasteiger partial charge < -0.3 is 14.9 Å². The summed E-state index contributed by atoms with van der Waals surface area (Å²) < 4.78 is 4.02. The van der Waals surface area contributed by atoms with Crippen molar-refractivity contribution in [1.29, 1.82) is 0 Å². The van der Waals surface area contributed by atoms with Gasteiger partial charge in [-0.1, -0.05) is 169 Å². The van der Waals surface area contributed by atoms with Gasteiger partial charge in [0, 0.05) is 13.1 Å². The number of H-pyrrole nitrogens is 1. The normalized spacial score (nSPS) is 13.7. The summed E-state index contributed by atoms with van der Waals surface area (Å²) in [7, 11) is 0. The van der Waals surface area contributed by atoms with Crippen LogP contribution in [0, 0.1) is 11.8 Å². The van der Waals surface area contributed by atoms with Crippen molar-refractivity contribution in [3.05, 3.63) is 16.8 Å². The topological polar surface area (TPSA) is 80.0 Å². The third-order valence-corrected chi connectivity index (χ3v) is 10.0. The molecule has 0 fully saturated rings. The lowest BCUT2D eigenvalue weighted by Gasteiger charge is -2.14. The SMILES string of the molecule is CCCCCCCCCCCCCCCC(C)Cn1c2c([nH]c1=O)-c1ncn(CC(C)CCCCCCCCCCC)c1N=CN2. The van der Waals surface area contributed by atoms with Gasteiger partial charge in [0.25, 0.3) is 0 Å². The highest BCUT2D eigenvalue weighted by molar-refractivity contribution is 5.89. The molecule has 262 valence electrons. The molecule has 0 aliphatic carbocycles. The van der Waals surface area contributed by atoms with Gasteiger partial charge in [0.05, 0.1) is 12.7 Å². The monoisotopic (exact) mass is 639 g/mol. The van der Waals surface area contributed by atoms with Crippen molar-refractivity contribution >= 4 is 18.0 Å². The third-order valence-electron chi connectivity index (χ3n) is 10.0. The van der Waals surface area contributed by atoms with E-state index in [1.54, 1.807) is 6.34 Å². The number of hydrogen-bond donors (Lipinski definition) is 2. The Balaban J connectivity index is 1.36. The van der Waals surface area contributed by atoms with E-state index in [2.05, 4.69) is 42.6 Å². The van der Waals surface area contributed by atoms with Crippen molar-refractivity contribution in [3.63, 3.8) is 0 Å². The predicted molar refractivity (Wildman–Crippen MR) is 199 cm³/mol. The first-order valence-corrected chi connectivity index (χ1v) is 19.7. The number of unbranched alkanes of at least 4 members (excludes halogenated alkanes) is 20. The first-order valence-electron chi connectivity index (χ1n) is 19.7. The molecule has 0 radical (unpaired) electrons. The number of hydrogen-bond acceptors (Lipinski definition) is 4. The van der Waals surface area contributed by atoms with Crippen molar-refractivity contribution in [2.45, 2.75) is 195 Å². The Kier molecular flexibility index (Phi) is 19.1. The number of aromatic amines is 1. The van der Waals surface area contributed by atoms with Crippen LogP contribution in [0.2, 0.25) is 0 Å². The zero-order chi connectivity index (χ0) is 32.8. The van der Waals surface area contributed by atoms with Gasteiger partial charge in [0.15, 0.2) is 5.82 Å². The molecule has 1 aliphatic heterocycles. The molecular formula is C39H70N6O. The van der Waals surface area contributed by atoms with E-state index in [-0.39, 0.29) is 5.69 Å². The lowest BCUT2D eigenvalue weighted by Crippen LogP contribution is -2.22. The van der Waals surface area contributed by atoms with Crippen LogP contribution in [0.3, 0.4) is 0 Å². The molecule has 46 heavy (non-hydrogen) atoms. The molecule has 0 spiro atoms. The van der Waals surface area contributed by atoms with Crippen molar-refractivity contribution in [2.75, 3.05) is 5.32 Å². The van der Waals surface area contributed by atoms with Gasteiger partial charge in [-0.15, -0.1) is 0 Å². The van der Waals surface area contributed by atoms with Gasteiger partial charge in [-0.05, 0) is 24.7 Å². The third kappa shape index (κ3) is 13.8. The maximum Gasteiger partial charge on any atom is 0.327 e. The second-order valence-corrected chi connectivity index (χ2v) is 14.6. The van der Waals surface area contributed by atoms with Crippen molar-refractivity contribution in [1.82, 2.24) is 19.1 Å². The highest BCUT2D eigenvalue weighted by Gasteiger charge is 2.24. The van der Waals surface area contributed by atoms with Gasteiger partial charge in [-0.3, -0.25) is 4.57 Å². The maximum atomic E-state index is 13.1. The van der Waals surface area contributed by atoms with Crippen LogP contribution in [0.4, 0.5) is 11.6 Å². The average Bonchev–Trinajstić information content (AvgIpc) is 3.51. The van der Waals surface area contributed by atoms with Crippen LogP contribution in [0.15, 0.2) is 16.1 Å². The fourth-order valence-corrected chi connectivity index (χ4v) is 7.09. The maximum absolute atomic E-state index is 13.1. The molecule has 2 unspecified atom stereocenters. The molecule has 2 aromatic heterocycles. The van der Waals surface area contributed by atoms with Crippen LogP contribution >= 0.6 is 0 Å². The predicted octanol–water partition coefficient (Wildman–Crippen LogP) is 11.8. The van der Waals surface area contributed by atoms with Gasteiger partial charge in [0.1, 0.15) is 17.2 Å². The first-order chi connectivity index (χ1) is 22.5. The fraction of sp³-hybridized carbons (Fsp3) is 0.821. The van der Waals surface area contributed by atoms with E-state index < -0.39 is 0 Å². The van der Waals surface area contributed by atoms with Crippen LogP contribution in [-0.4, -0.2) is 25.4 Å². The highest BCUT2D eigenvalue weighted by Crippen LogP contribution is 2.35. The van der Waals surface area contributed by atoms with Crippen LogP contribution in [0.1, 0.15) is 182 Å². The van der Waals surface area contributed by atoms with Crippen molar-refractivity contribution < 1.29 is 0 Å². The van der Waals surface area contributed by atoms with E-state index in [1.165, 1.54) is 148 Å². The molecule has 0 aromatic carbocycles. The molecule has 7 heteroatoms. The molecule has 3 rings (SSSR count). The van der Waals surface area contributed by atoms with Gasteiger partial charge in [-0.2, -0.15) is 0 Å². The van der Waals surface area contributed by atoms with Gasteiger partial charge in [-0.25, -0.2) is 14.8 Å². The highest BCUT2D eigenvalue weighted by atomic mass is 16.1. The number of fused-ring (bicyclic) bond motifs is 3. The summed E-state index contributed by atoms with van der Waals surface area (Å²) in [5.74, 6) is 2.62. The number of nitrogens with zero attached hydrogens (tertiary/aromatic N) is 4. The molecule has 0 amide bonds. The summed E-state index contributed by atoms with van der Waals surface area (Å²) in [5.41, 5.74) is 1.46. The average molecular weight is 639 g/mol. The number of imidazole rings is 2. The number of anilines is 1. The van der Waals surface area contributed by atoms with Crippen LogP contribution in [-0.2, 0) is 13.1 Å². The minimum atomic E-state index is -0.0655. The zero-order valence-corrected chi connectivity index (χ0v) is 30.4. The minimum Gasteiger partial charge on any atom is -0.330 e. The molecule has 3 heterocycles. The smallest absolute Gasteiger partial charge is 0.327 e. The van der Waals surface area contributed by atoms with Gasteiger partial charge in [0.2, 0.25) is 0 Å². The van der Waals surface area contributed by atoms with Crippen molar-refractivity contribution in [3.8, 4) is 11.4 Å². The summed E-state index contributed by atoms with van der Waals surface area (Å²) >= 11 is 0. The lowest BCUT2D eigenvalue weighted by atomic mass is 10.0. The zero-order valence-electron chi connectivity index (χ0n) is 30.4.